The molecule has 3 rings (SSSR count). The fourth-order valence-corrected chi connectivity index (χ4v) is 1.92. The van der Waals surface area contributed by atoms with Crippen molar-refractivity contribution in [3.63, 3.8) is 0 Å². The van der Waals surface area contributed by atoms with Crippen molar-refractivity contribution < 1.29 is 4.39 Å². The molecular weight excluding hydrogens is 241 g/mol. The Balaban J connectivity index is 2.02. The van der Waals surface area contributed by atoms with E-state index in [9.17, 15) is 4.39 Å². The molecule has 0 amide bonds. The number of nitrogens with zero attached hydrogens (tertiary/aromatic N) is 3. The van der Waals surface area contributed by atoms with Crippen LogP contribution in [-0.4, -0.2) is 15.0 Å². The highest BCUT2D eigenvalue weighted by Gasteiger charge is 2.09. The van der Waals surface area contributed by atoms with Gasteiger partial charge in [0, 0.05) is 5.56 Å². The van der Waals surface area contributed by atoms with Crippen LogP contribution in [0.15, 0.2) is 54.7 Å². The minimum absolute atomic E-state index is 0.278. The van der Waals surface area contributed by atoms with Crippen LogP contribution in [0.25, 0.3) is 16.9 Å². The van der Waals surface area contributed by atoms with Gasteiger partial charge in [-0.2, -0.15) is 0 Å². The Morgan fingerprint density at radius 1 is 1.05 bits per heavy atom. The summed E-state index contributed by atoms with van der Waals surface area (Å²) < 4.78 is 15.5. The Bertz CT molecular complexity index is 704. The predicted molar refractivity (Wildman–Crippen MR) is 71.5 cm³/mol. The summed E-state index contributed by atoms with van der Waals surface area (Å²) in [4.78, 5) is 0. The standard InChI is InChI=1S/C15H12FN3/c1-11-7-8-13(14(16)9-11)15-10-19(18-17-15)12-5-3-2-4-6-12/h2-10H,1H3. The summed E-state index contributed by atoms with van der Waals surface area (Å²) in [6.45, 7) is 1.85. The Kier molecular flexibility index (Phi) is 2.83. The SMILES string of the molecule is Cc1ccc(-c2cn(-c3ccccc3)nn2)c(F)c1. The van der Waals surface area contributed by atoms with E-state index in [0.717, 1.165) is 11.3 Å². The molecule has 0 aliphatic carbocycles. The van der Waals surface area contributed by atoms with Gasteiger partial charge in [0.25, 0.3) is 0 Å². The van der Waals surface area contributed by atoms with Crippen molar-refractivity contribution in [1.29, 1.82) is 0 Å². The van der Waals surface area contributed by atoms with E-state index < -0.39 is 0 Å². The van der Waals surface area contributed by atoms with Crippen LogP contribution in [0.5, 0.6) is 0 Å². The first kappa shape index (κ1) is 11.6. The number of aryl methyl sites for hydroxylation is 1. The van der Waals surface area contributed by atoms with Crippen LogP contribution in [0.3, 0.4) is 0 Å². The average molecular weight is 253 g/mol. The zero-order valence-corrected chi connectivity index (χ0v) is 10.4. The van der Waals surface area contributed by atoms with Gasteiger partial charge < -0.3 is 0 Å². The van der Waals surface area contributed by atoms with Gasteiger partial charge in [-0.05, 0) is 36.8 Å². The third kappa shape index (κ3) is 2.25. The topological polar surface area (TPSA) is 30.7 Å². The highest BCUT2D eigenvalue weighted by atomic mass is 19.1. The van der Waals surface area contributed by atoms with Gasteiger partial charge >= 0.3 is 0 Å². The van der Waals surface area contributed by atoms with Crippen LogP contribution in [0.1, 0.15) is 5.56 Å². The molecule has 3 nitrogen and oxygen atoms in total. The first-order valence-electron chi connectivity index (χ1n) is 5.98. The van der Waals surface area contributed by atoms with Gasteiger partial charge in [-0.1, -0.05) is 29.5 Å². The summed E-state index contributed by atoms with van der Waals surface area (Å²) in [6, 6.07) is 14.7. The average Bonchev–Trinajstić information content (AvgIpc) is 2.89. The summed E-state index contributed by atoms with van der Waals surface area (Å²) in [5.74, 6) is -0.278. The normalized spacial score (nSPS) is 10.6. The number of hydrogen-bond donors (Lipinski definition) is 0. The van der Waals surface area contributed by atoms with Crippen molar-refractivity contribution in [2.75, 3.05) is 0 Å². The highest BCUT2D eigenvalue weighted by Crippen LogP contribution is 2.22. The van der Waals surface area contributed by atoms with Crippen molar-refractivity contribution in [1.82, 2.24) is 15.0 Å². The number of halogens is 1. The maximum absolute atomic E-state index is 13.9. The lowest BCUT2D eigenvalue weighted by Gasteiger charge is -2.00. The molecule has 0 N–H and O–H groups in total. The maximum atomic E-state index is 13.9. The van der Waals surface area contributed by atoms with Gasteiger partial charge in [0.05, 0.1) is 11.9 Å². The Morgan fingerprint density at radius 3 is 2.58 bits per heavy atom. The largest absolute Gasteiger partial charge is 0.220 e. The summed E-state index contributed by atoms with van der Waals surface area (Å²) in [6.07, 6.45) is 1.73. The van der Waals surface area contributed by atoms with E-state index in [0.29, 0.717) is 11.3 Å². The molecule has 19 heavy (non-hydrogen) atoms. The number of para-hydroxylation sites is 1. The summed E-state index contributed by atoms with van der Waals surface area (Å²) in [5, 5.41) is 8.05. The second-order valence-electron chi connectivity index (χ2n) is 4.37. The van der Waals surface area contributed by atoms with Crippen LogP contribution in [-0.2, 0) is 0 Å². The highest BCUT2D eigenvalue weighted by molar-refractivity contribution is 5.59. The Labute approximate surface area is 110 Å². The first-order valence-corrected chi connectivity index (χ1v) is 5.98. The smallest absolute Gasteiger partial charge is 0.132 e. The lowest BCUT2D eigenvalue weighted by Crippen LogP contribution is -1.93. The van der Waals surface area contributed by atoms with E-state index in [1.165, 1.54) is 6.07 Å². The Hall–Kier alpha value is -2.49. The molecule has 0 spiro atoms. The zero-order chi connectivity index (χ0) is 13.2. The molecule has 1 aromatic heterocycles. The van der Waals surface area contributed by atoms with Gasteiger partial charge in [0.15, 0.2) is 0 Å². The van der Waals surface area contributed by atoms with Crippen LogP contribution < -0.4 is 0 Å². The lowest BCUT2D eigenvalue weighted by molar-refractivity contribution is 0.629. The number of aromatic nitrogens is 3. The van der Waals surface area contributed by atoms with Crippen LogP contribution in [0, 0.1) is 12.7 Å². The van der Waals surface area contributed by atoms with E-state index in [2.05, 4.69) is 10.3 Å². The van der Waals surface area contributed by atoms with Crippen LogP contribution in [0.4, 0.5) is 4.39 Å². The van der Waals surface area contributed by atoms with E-state index >= 15 is 0 Å². The first-order chi connectivity index (χ1) is 9.24. The van der Waals surface area contributed by atoms with E-state index in [1.807, 2.05) is 43.3 Å². The maximum Gasteiger partial charge on any atom is 0.132 e. The third-order valence-corrected chi connectivity index (χ3v) is 2.91. The molecule has 0 fully saturated rings. The van der Waals surface area contributed by atoms with Crippen LogP contribution in [0.2, 0.25) is 0 Å². The van der Waals surface area contributed by atoms with Gasteiger partial charge in [-0.3, -0.25) is 0 Å². The van der Waals surface area contributed by atoms with E-state index in [-0.39, 0.29) is 5.82 Å². The fourth-order valence-electron chi connectivity index (χ4n) is 1.92. The van der Waals surface area contributed by atoms with Gasteiger partial charge in [-0.25, -0.2) is 9.07 Å². The van der Waals surface area contributed by atoms with E-state index in [1.54, 1.807) is 16.9 Å². The molecule has 1 heterocycles. The number of benzene rings is 2. The molecule has 0 aliphatic heterocycles. The van der Waals surface area contributed by atoms with Crippen molar-refractivity contribution in [2.24, 2.45) is 0 Å². The van der Waals surface area contributed by atoms with Crippen molar-refractivity contribution in [3.05, 3.63) is 66.1 Å². The quantitative estimate of drug-likeness (QED) is 0.701. The molecule has 0 saturated heterocycles. The molecule has 0 saturated carbocycles. The monoisotopic (exact) mass is 253 g/mol. The van der Waals surface area contributed by atoms with E-state index in [4.69, 9.17) is 0 Å². The molecular formula is C15H12FN3. The number of hydrogen-bond acceptors (Lipinski definition) is 2. The third-order valence-electron chi connectivity index (χ3n) is 2.91. The van der Waals surface area contributed by atoms with Gasteiger partial charge in [0.2, 0.25) is 0 Å². The molecule has 0 aliphatic rings. The second kappa shape index (κ2) is 4.65. The van der Waals surface area contributed by atoms with Crippen molar-refractivity contribution in [3.8, 4) is 16.9 Å². The molecule has 0 radical (unpaired) electrons. The van der Waals surface area contributed by atoms with Gasteiger partial charge in [0.1, 0.15) is 11.5 Å². The summed E-state index contributed by atoms with van der Waals surface area (Å²) in [5.41, 5.74) is 2.78. The molecule has 0 atom stereocenters. The lowest BCUT2D eigenvalue weighted by atomic mass is 10.1. The van der Waals surface area contributed by atoms with Crippen molar-refractivity contribution in [2.45, 2.75) is 6.92 Å². The minimum atomic E-state index is -0.278. The molecule has 0 unspecified atom stereocenters. The fraction of sp³-hybridized carbons (Fsp3) is 0.0667. The molecule has 2 aromatic carbocycles. The number of rotatable bonds is 2. The zero-order valence-electron chi connectivity index (χ0n) is 10.4. The summed E-state index contributed by atoms with van der Waals surface area (Å²) in [7, 11) is 0. The second-order valence-corrected chi connectivity index (χ2v) is 4.37. The molecule has 3 aromatic rings. The predicted octanol–water partition coefficient (Wildman–Crippen LogP) is 3.38. The molecule has 0 bridgehead atoms. The van der Waals surface area contributed by atoms with Gasteiger partial charge in [-0.15, -0.1) is 5.10 Å². The minimum Gasteiger partial charge on any atom is -0.220 e. The molecule has 94 valence electrons. The summed E-state index contributed by atoms with van der Waals surface area (Å²) >= 11 is 0. The van der Waals surface area contributed by atoms with Crippen LogP contribution >= 0.6 is 0 Å². The van der Waals surface area contributed by atoms with Crippen molar-refractivity contribution >= 4 is 0 Å². The molecule has 4 heteroatoms. The Morgan fingerprint density at radius 2 is 1.84 bits per heavy atom.